The highest BCUT2D eigenvalue weighted by atomic mass is 19.1. The topological polar surface area (TPSA) is 39.6 Å². The molecule has 0 aliphatic heterocycles. The molecule has 0 fully saturated rings. The second-order valence-corrected chi connectivity index (χ2v) is 3.24. The maximum absolute atomic E-state index is 12.7. The zero-order valence-electron chi connectivity index (χ0n) is 8.00. The Morgan fingerprint density at radius 2 is 1.87 bits per heavy atom. The van der Waals surface area contributed by atoms with E-state index in [9.17, 15) is 4.39 Å². The van der Waals surface area contributed by atoms with Crippen LogP contribution in [0, 0.1) is 17.1 Å². The molecule has 2 aromatic rings. The van der Waals surface area contributed by atoms with Crippen molar-refractivity contribution in [2.45, 2.75) is 6.42 Å². The first-order chi connectivity index (χ1) is 7.29. The van der Waals surface area contributed by atoms with Crippen molar-refractivity contribution in [1.82, 2.24) is 4.98 Å². The van der Waals surface area contributed by atoms with Gasteiger partial charge in [0.2, 0.25) is 0 Å². The van der Waals surface area contributed by atoms with Crippen LogP contribution in [0.25, 0.3) is 11.3 Å². The molecule has 0 saturated carbocycles. The van der Waals surface area contributed by atoms with Crippen LogP contribution < -0.4 is 0 Å². The summed E-state index contributed by atoms with van der Waals surface area (Å²) in [6.07, 6.45) is 0.362. The van der Waals surface area contributed by atoms with Gasteiger partial charge in [0.05, 0.1) is 12.5 Å². The minimum atomic E-state index is -0.248. The summed E-state index contributed by atoms with van der Waals surface area (Å²) in [5.74, 6) is -0.248. The molecular weight excluding hydrogens is 191 g/mol. The summed E-state index contributed by atoms with van der Waals surface area (Å²) >= 11 is 0. The van der Waals surface area contributed by atoms with E-state index in [4.69, 9.17) is 5.26 Å². The van der Waals surface area contributed by atoms with Crippen LogP contribution in [-0.4, -0.2) is 4.98 Å². The number of nitriles is 1. The van der Waals surface area contributed by atoms with Gasteiger partial charge in [-0.15, -0.1) is 0 Å². The zero-order chi connectivity index (χ0) is 10.7. The summed E-state index contributed by atoms with van der Waals surface area (Å²) in [7, 11) is 0. The lowest BCUT2D eigenvalue weighted by Gasteiger charge is -1.97. The molecule has 1 N–H and O–H groups in total. The lowest BCUT2D eigenvalue weighted by Crippen LogP contribution is -1.82. The number of hydrogen-bond donors (Lipinski definition) is 1. The molecule has 0 bridgehead atoms. The molecule has 0 amide bonds. The van der Waals surface area contributed by atoms with Crippen molar-refractivity contribution in [3.8, 4) is 17.3 Å². The smallest absolute Gasteiger partial charge is 0.123 e. The SMILES string of the molecule is N#CCc1ccc(-c2ccc(F)cc2)[nH]1. The van der Waals surface area contributed by atoms with Crippen LogP contribution in [0.15, 0.2) is 36.4 Å². The molecule has 0 saturated heterocycles. The van der Waals surface area contributed by atoms with Crippen LogP contribution in [0.3, 0.4) is 0 Å². The molecule has 74 valence electrons. The molecule has 0 radical (unpaired) electrons. The molecule has 0 unspecified atom stereocenters. The summed E-state index contributed by atoms with van der Waals surface area (Å²) in [4.78, 5) is 3.10. The van der Waals surface area contributed by atoms with Crippen LogP contribution in [0.1, 0.15) is 5.69 Å². The van der Waals surface area contributed by atoms with Crippen molar-refractivity contribution in [3.63, 3.8) is 0 Å². The van der Waals surface area contributed by atoms with Gasteiger partial charge in [0.15, 0.2) is 0 Å². The number of halogens is 1. The van der Waals surface area contributed by atoms with Gasteiger partial charge in [0, 0.05) is 11.4 Å². The average Bonchev–Trinajstić information content (AvgIpc) is 2.68. The predicted octanol–water partition coefficient (Wildman–Crippen LogP) is 2.89. The van der Waals surface area contributed by atoms with Gasteiger partial charge < -0.3 is 4.98 Å². The first-order valence-corrected chi connectivity index (χ1v) is 4.60. The number of H-pyrrole nitrogens is 1. The van der Waals surface area contributed by atoms with Crippen molar-refractivity contribution in [1.29, 1.82) is 5.26 Å². The summed E-state index contributed by atoms with van der Waals surface area (Å²) in [6.45, 7) is 0. The second-order valence-electron chi connectivity index (χ2n) is 3.24. The van der Waals surface area contributed by atoms with Gasteiger partial charge in [0.25, 0.3) is 0 Å². The van der Waals surface area contributed by atoms with Gasteiger partial charge in [-0.3, -0.25) is 0 Å². The number of aromatic amines is 1. The molecule has 2 rings (SSSR count). The normalized spacial score (nSPS) is 9.87. The van der Waals surface area contributed by atoms with E-state index in [1.165, 1.54) is 12.1 Å². The number of rotatable bonds is 2. The van der Waals surface area contributed by atoms with Crippen molar-refractivity contribution in [2.75, 3.05) is 0 Å². The van der Waals surface area contributed by atoms with E-state index in [2.05, 4.69) is 11.1 Å². The van der Waals surface area contributed by atoms with E-state index < -0.39 is 0 Å². The Kier molecular flexibility index (Phi) is 2.51. The van der Waals surface area contributed by atoms with E-state index >= 15 is 0 Å². The Morgan fingerprint density at radius 3 is 2.53 bits per heavy atom. The number of aromatic nitrogens is 1. The summed E-state index contributed by atoms with van der Waals surface area (Å²) in [5, 5.41) is 8.52. The maximum atomic E-state index is 12.7. The molecule has 0 aliphatic carbocycles. The van der Waals surface area contributed by atoms with Crippen molar-refractivity contribution in [3.05, 3.63) is 47.9 Å². The van der Waals surface area contributed by atoms with E-state index in [-0.39, 0.29) is 5.82 Å². The van der Waals surface area contributed by atoms with E-state index in [0.29, 0.717) is 6.42 Å². The fourth-order valence-corrected chi connectivity index (χ4v) is 1.43. The molecule has 3 heteroatoms. The molecule has 1 aromatic heterocycles. The first kappa shape index (κ1) is 9.47. The Balaban J connectivity index is 2.30. The van der Waals surface area contributed by atoms with Crippen molar-refractivity contribution >= 4 is 0 Å². The Bertz CT molecular complexity index is 491. The number of hydrogen-bond acceptors (Lipinski definition) is 1. The van der Waals surface area contributed by atoms with Crippen LogP contribution in [-0.2, 0) is 6.42 Å². The maximum Gasteiger partial charge on any atom is 0.123 e. The highest BCUT2D eigenvalue weighted by molar-refractivity contribution is 5.59. The molecule has 0 spiro atoms. The lowest BCUT2D eigenvalue weighted by molar-refractivity contribution is 0.628. The van der Waals surface area contributed by atoms with Crippen LogP contribution in [0.5, 0.6) is 0 Å². The monoisotopic (exact) mass is 200 g/mol. The lowest BCUT2D eigenvalue weighted by atomic mass is 10.1. The highest BCUT2D eigenvalue weighted by Crippen LogP contribution is 2.18. The molecular formula is C12H9FN2. The minimum Gasteiger partial charge on any atom is -0.358 e. The molecule has 0 atom stereocenters. The van der Waals surface area contributed by atoms with Gasteiger partial charge in [-0.05, 0) is 42.0 Å². The van der Waals surface area contributed by atoms with Crippen LogP contribution in [0.2, 0.25) is 0 Å². The Labute approximate surface area is 87.0 Å². The van der Waals surface area contributed by atoms with Gasteiger partial charge in [-0.25, -0.2) is 4.39 Å². The summed E-state index contributed by atoms with van der Waals surface area (Å²) in [6, 6.07) is 12.1. The van der Waals surface area contributed by atoms with E-state index in [1.807, 2.05) is 12.1 Å². The molecule has 2 nitrogen and oxygen atoms in total. The fourth-order valence-electron chi connectivity index (χ4n) is 1.43. The third-order valence-electron chi connectivity index (χ3n) is 2.17. The van der Waals surface area contributed by atoms with Crippen LogP contribution >= 0.6 is 0 Å². The van der Waals surface area contributed by atoms with Gasteiger partial charge in [0.1, 0.15) is 5.82 Å². The Hall–Kier alpha value is -2.08. The standard InChI is InChI=1S/C12H9FN2/c13-10-3-1-9(2-4-10)12-6-5-11(15-12)7-8-14/h1-6,15H,7H2. The third-order valence-corrected chi connectivity index (χ3v) is 2.17. The van der Waals surface area contributed by atoms with Crippen molar-refractivity contribution < 1.29 is 4.39 Å². The van der Waals surface area contributed by atoms with E-state index in [0.717, 1.165) is 17.0 Å². The third kappa shape index (κ3) is 2.05. The quantitative estimate of drug-likeness (QED) is 0.795. The molecule has 1 aromatic carbocycles. The van der Waals surface area contributed by atoms with Crippen LogP contribution in [0.4, 0.5) is 4.39 Å². The average molecular weight is 200 g/mol. The highest BCUT2D eigenvalue weighted by Gasteiger charge is 2.01. The molecule has 1 heterocycles. The summed E-state index contributed by atoms with van der Waals surface area (Å²) < 4.78 is 12.7. The minimum absolute atomic E-state index is 0.248. The van der Waals surface area contributed by atoms with Crippen molar-refractivity contribution in [2.24, 2.45) is 0 Å². The number of benzene rings is 1. The first-order valence-electron chi connectivity index (χ1n) is 4.60. The molecule has 0 aliphatic rings. The van der Waals surface area contributed by atoms with Gasteiger partial charge >= 0.3 is 0 Å². The second kappa shape index (κ2) is 3.97. The number of nitrogens with zero attached hydrogens (tertiary/aromatic N) is 1. The zero-order valence-corrected chi connectivity index (χ0v) is 8.00. The largest absolute Gasteiger partial charge is 0.358 e. The molecule has 15 heavy (non-hydrogen) atoms. The number of nitrogens with one attached hydrogen (secondary N) is 1. The van der Waals surface area contributed by atoms with Gasteiger partial charge in [-0.2, -0.15) is 5.26 Å². The van der Waals surface area contributed by atoms with Gasteiger partial charge in [-0.1, -0.05) is 0 Å². The predicted molar refractivity (Wildman–Crippen MR) is 55.5 cm³/mol. The Morgan fingerprint density at radius 1 is 1.13 bits per heavy atom. The fraction of sp³-hybridized carbons (Fsp3) is 0.0833. The summed E-state index contributed by atoms with van der Waals surface area (Å²) in [5.41, 5.74) is 2.69. The van der Waals surface area contributed by atoms with E-state index in [1.54, 1.807) is 12.1 Å².